The zero-order valence-corrected chi connectivity index (χ0v) is 12.2. The van der Waals surface area contributed by atoms with E-state index in [2.05, 4.69) is 21.2 Å². The zero-order valence-electron chi connectivity index (χ0n) is 10.7. The van der Waals surface area contributed by atoms with Gasteiger partial charge in [-0.2, -0.15) is 0 Å². The van der Waals surface area contributed by atoms with Gasteiger partial charge in [0, 0.05) is 16.7 Å². The third-order valence-corrected chi connectivity index (χ3v) is 3.62. The lowest BCUT2D eigenvalue weighted by atomic mass is 10.0. The number of hydrogen-bond donors (Lipinski definition) is 2. The average molecular weight is 323 g/mol. The molecule has 0 bridgehead atoms. The molecule has 4 heteroatoms. The summed E-state index contributed by atoms with van der Waals surface area (Å²) < 4.78 is 14.2. The Morgan fingerprint density at radius 2 is 2.05 bits per heavy atom. The van der Waals surface area contributed by atoms with Crippen LogP contribution in [-0.2, 0) is 0 Å². The van der Waals surface area contributed by atoms with Crippen molar-refractivity contribution >= 4 is 21.6 Å². The highest BCUT2D eigenvalue weighted by atomic mass is 79.9. The highest BCUT2D eigenvalue weighted by Gasteiger charge is 2.13. The van der Waals surface area contributed by atoms with E-state index in [1.54, 1.807) is 6.07 Å². The molecule has 0 aliphatic carbocycles. The molecular formula is C15H16BrFN2. The number of halogens is 2. The first-order valence-electron chi connectivity index (χ1n) is 6.08. The van der Waals surface area contributed by atoms with E-state index >= 15 is 0 Å². The van der Waals surface area contributed by atoms with E-state index in [1.165, 1.54) is 17.7 Å². The van der Waals surface area contributed by atoms with Crippen LogP contribution in [0.2, 0.25) is 0 Å². The van der Waals surface area contributed by atoms with Gasteiger partial charge in [-0.3, -0.25) is 0 Å². The van der Waals surface area contributed by atoms with Gasteiger partial charge in [-0.1, -0.05) is 34.1 Å². The Labute approximate surface area is 121 Å². The Morgan fingerprint density at radius 3 is 2.68 bits per heavy atom. The molecule has 100 valence electrons. The summed E-state index contributed by atoms with van der Waals surface area (Å²) >= 11 is 3.55. The summed E-state index contributed by atoms with van der Waals surface area (Å²) in [5.74, 6) is -0.260. The fourth-order valence-corrected chi connectivity index (χ4v) is 2.73. The minimum absolute atomic E-state index is 0.0585. The Bertz CT molecular complexity index is 572. The lowest BCUT2D eigenvalue weighted by molar-refractivity contribution is 0.627. The fraction of sp³-hybridized carbons (Fsp3) is 0.200. The molecule has 3 N–H and O–H groups in total. The molecule has 0 spiro atoms. The van der Waals surface area contributed by atoms with Crippen molar-refractivity contribution in [3.05, 3.63) is 63.9 Å². The van der Waals surface area contributed by atoms with E-state index in [4.69, 9.17) is 5.73 Å². The van der Waals surface area contributed by atoms with E-state index in [9.17, 15) is 4.39 Å². The summed E-state index contributed by atoms with van der Waals surface area (Å²) in [5.41, 5.74) is 8.79. The maximum atomic E-state index is 13.2. The smallest absolute Gasteiger partial charge is 0.125 e. The maximum Gasteiger partial charge on any atom is 0.125 e. The molecule has 0 amide bonds. The predicted molar refractivity (Wildman–Crippen MR) is 80.7 cm³/mol. The minimum Gasteiger partial charge on any atom is -0.377 e. The first-order valence-corrected chi connectivity index (χ1v) is 6.87. The van der Waals surface area contributed by atoms with Crippen LogP contribution in [0.15, 0.2) is 46.9 Å². The lowest BCUT2D eigenvalue weighted by Crippen LogP contribution is -2.21. The van der Waals surface area contributed by atoms with Gasteiger partial charge in [0.2, 0.25) is 0 Å². The van der Waals surface area contributed by atoms with Crippen molar-refractivity contribution in [2.45, 2.75) is 13.0 Å². The number of aryl methyl sites for hydroxylation is 1. The molecule has 1 atom stereocenters. The minimum atomic E-state index is -0.260. The van der Waals surface area contributed by atoms with Crippen molar-refractivity contribution < 1.29 is 4.39 Å². The van der Waals surface area contributed by atoms with Crippen molar-refractivity contribution in [1.29, 1.82) is 0 Å². The van der Waals surface area contributed by atoms with Gasteiger partial charge >= 0.3 is 0 Å². The van der Waals surface area contributed by atoms with Crippen molar-refractivity contribution in [3.63, 3.8) is 0 Å². The number of anilines is 1. The molecule has 0 fully saturated rings. The van der Waals surface area contributed by atoms with E-state index in [-0.39, 0.29) is 11.9 Å². The Morgan fingerprint density at radius 1 is 1.26 bits per heavy atom. The van der Waals surface area contributed by atoms with Gasteiger partial charge in [0.05, 0.1) is 6.04 Å². The van der Waals surface area contributed by atoms with E-state index in [0.717, 1.165) is 15.7 Å². The molecular weight excluding hydrogens is 307 g/mol. The second-order valence-electron chi connectivity index (χ2n) is 4.47. The molecule has 0 radical (unpaired) electrons. The molecule has 1 unspecified atom stereocenters. The summed E-state index contributed by atoms with van der Waals surface area (Å²) in [7, 11) is 0. The van der Waals surface area contributed by atoms with E-state index in [1.807, 2.05) is 31.2 Å². The van der Waals surface area contributed by atoms with Crippen LogP contribution in [0.4, 0.5) is 10.1 Å². The number of nitrogens with one attached hydrogen (secondary N) is 1. The summed E-state index contributed by atoms with van der Waals surface area (Å²) in [6.07, 6.45) is 0. The molecule has 2 aromatic carbocycles. The second kappa shape index (κ2) is 6.17. The van der Waals surface area contributed by atoms with Crippen LogP contribution in [-0.4, -0.2) is 6.54 Å². The third-order valence-electron chi connectivity index (χ3n) is 2.93. The van der Waals surface area contributed by atoms with Gasteiger partial charge in [-0.15, -0.1) is 0 Å². The van der Waals surface area contributed by atoms with Gasteiger partial charge in [0.1, 0.15) is 5.82 Å². The lowest BCUT2D eigenvalue weighted by Gasteiger charge is -2.20. The molecule has 0 aliphatic rings. The SMILES string of the molecule is Cc1ccc(C(CN)Nc2cccc(F)c2)c(Br)c1. The molecule has 2 nitrogen and oxygen atoms in total. The Hall–Kier alpha value is -1.39. The van der Waals surface area contributed by atoms with Crippen molar-refractivity contribution in [1.82, 2.24) is 0 Å². The van der Waals surface area contributed by atoms with Crippen LogP contribution in [0, 0.1) is 12.7 Å². The highest BCUT2D eigenvalue weighted by Crippen LogP contribution is 2.27. The summed E-state index contributed by atoms with van der Waals surface area (Å²) in [5, 5.41) is 3.25. The van der Waals surface area contributed by atoms with Gasteiger partial charge in [0.15, 0.2) is 0 Å². The van der Waals surface area contributed by atoms with Crippen LogP contribution in [0.25, 0.3) is 0 Å². The Balaban J connectivity index is 2.25. The summed E-state index contributed by atoms with van der Waals surface area (Å²) in [6.45, 7) is 2.46. The summed E-state index contributed by atoms with van der Waals surface area (Å²) in [6, 6.07) is 12.4. The van der Waals surface area contributed by atoms with Crippen molar-refractivity contribution in [2.75, 3.05) is 11.9 Å². The van der Waals surface area contributed by atoms with Crippen LogP contribution in [0.3, 0.4) is 0 Å². The van der Waals surface area contributed by atoms with Crippen LogP contribution in [0.5, 0.6) is 0 Å². The van der Waals surface area contributed by atoms with Gasteiger partial charge < -0.3 is 11.1 Å². The van der Waals surface area contributed by atoms with Crippen LogP contribution < -0.4 is 11.1 Å². The standard InChI is InChI=1S/C15H16BrFN2/c1-10-5-6-13(14(16)7-10)15(9-18)19-12-4-2-3-11(17)8-12/h2-8,15,19H,9,18H2,1H3. The molecule has 0 heterocycles. The van der Waals surface area contributed by atoms with Crippen LogP contribution >= 0.6 is 15.9 Å². The van der Waals surface area contributed by atoms with E-state index < -0.39 is 0 Å². The topological polar surface area (TPSA) is 38.0 Å². The molecule has 2 aromatic rings. The molecule has 0 aromatic heterocycles. The average Bonchev–Trinajstić information content (AvgIpc) is 2.37. The quantitative estimate of drug-likeness (QED) is 0.892. The van der Waals surface area contributed by atoms with Crippen LogP contribution in [0.1, 0.15) is 17.2 Å². The van der Waals surface area contributed by atoms with Gasteiger partial charge in [-0.25, -0.2) is 4.39 Å². The number of hydrogen-bond acceptors (Lipinski definition) is 2. The van der Waals surface area contributed by atoms with Gasteiger partial charge in [0.25, 0.3) is 0 Å². The van der Waals surface area contributed by atoms with E-state index in [0.29, 0.717) is 6.54 Å². The second-order valence-corrected chi connectivity index (χ2v) is 5.32. The first-order chi connectivity index (χ1) is 9.10. The number of benzene rings is 2. The molecule has 0 aliphatic heterocycles. The molecule has 0 saturated heterocycles. The largest absolute Gasteiger partial charge is 0.377 e. The Kier molecular flexibility index (Phi) is 4.56. The third kappa shape index (κ3) is 3.55. The highest BCUT2D eigenvalue weighted by molar-refractivity contribution is 9.10. The predicted octanol–water partition coefficient (Wildman–Crippen LogP) is 4.01. The normalized spacial score (nSPS) is 12.2. The van der Waals surface area contributed by atoms with Crippen molar-refractivity contribution in [2.24, 2.45) is 5.73 Å². The first kappa shape index (κ1) is 14.0. The van der Waals surface area contributed by atoms with Gasteiger partial charge in [-0.05, 0) is 42.3 Å². The molecule has 2 rings (SSSR count). The fourth-order valence-electron chi connectivity index (χ4n) is 1.96. The van der Waals surface area contributed by atoms with Crippen molar-refractivity contribution in [3.8, 4) is 0 Å². The monoisotopic (exact) mass is 322 g/mol. The number of rotatable bonds is 4. The number of nitrogens with two attached hydrogens (primary N) is 1. The molecule has 19 heavy (non-hydrogen) atoms. The zero-order chi connectivity index (χ0) is 13.8. The maximum absolute atomic E-state index is 13.2. The summed E-state index contributed by atoms with van der Waals surface area (Å²) in [4.78, 5) is 0. The molecule has 0 saturated carbocycles.